The van der Waals surface area contributed by atoms with Gasteiger partial charge in [0.15, 0.2) is 11.6 Å². The molecule has 1 fully saturated rings. The van der Waals surface area contributed by atoms with Gasteiger partial charge in [-0.25, -0.2) is 0 Å². The zero-order valence-electron chi connectivity index (χ0n) is 16.3. The van der Waals surface area contributed by atoms with Gasteiger partial charge in [0.05, 0.1) is 22.5 Å². The quantitative estimate of drug-likeness (QED) is 0.558. The molecular formula is C26H19NO3. The highest BCUT2D eigenvalue weighted by Gasteiger charge is 2.37. The summed E-state index contributed by atoms with van der Waals surface area (Å²) >= 11 is 0. The lowest BCUT2D eigenvalue weighted by molar-refractivity contribution is -0.123. The van der Waals surface area contributed by atoms with Crippen molar-refractivity contribution in [1.29, 1.82) is 0 Å². The molecule has 0 bridgehead atoms. The second-order valence-electron chi connectivity index (χ2n) is 7.53. The van der Waals surface area contributed by atoms with E-state index in [-0.39, 0.29) is 22.9 Å². The van der Waals surface area contributed by atoms with Gasteiger partial charge in [0, 0.05) is 19.0 Å². The Labute approximate surface area is 174 Å². The third kappa shape index (κ3) is 2.89. The maximum atomic E-state index is 13.5. The van der Waals surface area contributed by atoms with Crippen LogP contribution < -0.4 is 0 Å². The van der Waals surface area contributed by atoms with E-state index < -0.39 is 0 Å². The lowest BCUT2D eigenvalue weighted by Crippen LogP contribution is -2.22. The maximum Gasteiger partial charge on any atom is 0.212 e. The number of fused-ring (bicyclic) bond motifs is 1. The maximum absolute atomic E-state index is 13.5. The second-order valence-corrected chi connectivity index (χ2v) is 7.53. The van der Waals surface area contributed by atoms with Crippen LogP contribution in [0.5, 0.6) is 0 Å². The fourth-order valence-electron chi connectivity index (χ4n) is 4.27. The normalized spacial score (nSPS) is 18.9. The third-order valence-corrected chi connectivity index (χ3v) is 5.66. The first-order valence-corrected chi connectivity index (χ1v) is 10.0. The van der Waals surface area contributed by atoms with Crippen molar-refractivity contribution in [3.05, 3.63) is 107 Å². The van der Waals surface area contributed by atoms with Crippen molar-refractivity contribution in [3.8, 4) is 0 Å². The van der Waals surface area contributed by atoms with Gasteiger partial charge in [-0.2, -0.15) is 0 Å². The highest BCUT2D eigenvalue weighted by Crippen LogP contribution is 2.43. The van der Waals surface area contributed by atoms with Crippen LogP contribution in [0.1, 0.15) is 30.4 Å². The van der Waals surface area contributed by atoms with E-state index in [4.69, 9.17) is 0 Å². The topological polar surface area (TPSA) is 54.5 Å². The number of carbonyl (C=O) groups excluding carboxylic acids is 3. The number of benzene rings is 2. The third-order valence-electron chi connectivity index (χ3n) is 5.66. The number of Topliss-reactive ketones (excluding diaryl/α,β-unsaturated/α-hetero) is 3. The van der Waals surface area contributed by atoms with Crippen LogP contribution in [-0.2, 0) is 14.4 Å². The first kappa shape index (κ1) is 18.3. The molecule has 0 unspecified atom stereocenters. The average molecular weight is 393 g/mol. The first-order chi connectivity index (χ1) is 14.6. The zero-order chi connectivity index (χ0) is 20.7. The van der Waals surface area contributed by atoms with Crippen LogP contribution >= 0.6 is 0 Å². The molecule has 1 aliphatic carbocycles. The van der Waals surface area contributed by atoms with Crippen molar-refractivity contribution in [2.24, 2.45) is 0 Å². The minimum atomic E-state index is -0.138. The first-order valence-electron chi connectivity index (χ1n) is 10.0. The zero-order valence-corrected chi connectivity index (χ0v) is 16.3. The molecule has 0 radical (unpaired) electrons. The summed E-state index contributed by atoms with van der Waals surface area (Å²) in [6, 6.07) is 19.4. The van der Waals surface area contributed by atoms with E-state index in [2.05, 4.69) is 0 Å². The molecule has 1 saturated carbocycles. The molecular weight excluding hydrogens is 374 g/mol. The van der Waals surface area contributed by atoms with Crippen LogP contribution in [0.25, 0.3) is 11.3 Å². The summed E-state index contributed by atoms with van der Waals surface area (Å²) in [5, 5.41) is 0. The summed E-state index contributed by atoms with van der Waals surface area (Å²) in [4.78, 5) is 40.2. The van der Waals surface area contributed by atoms with Crippen molar-refractivity contribution < 1.29 is 14.4 Å². The van der Waals surface area contributed by atoms with Crippen molar-refractivity contribution in [3.63, 3.8) is 0 Å². The molecule has 4 nitrogen and oxygen atoms in total. The van der Waals surface area contributed by atoms with Gasteiger partial charge in [-0.3, -0.25) is 14.4 Å². The van der Waals surface area contributed by atoms with E-state index in [1.165, 1.54) is 0 Å². The molecule has 0 aromatic heterocycles. The van der Waals surface area contributed by atoms with E-state index in [0.717, 1.165) is 16.8 Å². The lowest BCUT2D eigenvalue weighted by atomic mass is 9.87. The number of hydrogen-bond acceptors (Lipinski definition) is 4. The Kier molecular flexibility index (Phi) is 4.40. The van der Waals surface area contributed by atoms with Gasteiger partial charge in [-0.1, -0.05) is 60.7 Å². The fourth-order valence-corrected chi connectivity index (χ4v) is 4.27. The Balaban J connectivity index is 1.69. The second kappa shape index (κ2) is 7.23. The van der Waals surface area contributed by atoms with E-state index in [1.54, 1.807) is 18.4 Å². The molecule has 146 valence electrons. The minimum absolute atomic E-state index is 0.113. The van der Waals surface area contributed by atoms with E-state index in [1.807, 2.05) is 65.6 Å². The predicted octanol–water partition coefficient (Wildman–Crippen LogP) is 4.47. The summed E-state index contributed by atoms with van der Waals surface area (Å²) in [5.41, 5.74) is 4.41. The predicted molar refractivity (Wildman–Crippen MR) is 115 cm³/mol. The summed E-state index contributed by atoms with van der Waals surface area (Å²) in [6.07, 6.45) is 6.60. The molecule has 0 spiro atoms. The van der Waals surface area contributed by atoms with E-state index in [9.17, 15) is 14.4 Å². The summed E-state index contributed by atoms with van der Waals surface area (Å²) in [6.45, 7) is 0. The molecule has 0 amide bonds. The number of carbonyl (C=O) groups is 3. The van der Waals surface area contributed by atoms with Crippen LogP contribution in [0.2, 0.25) is 0 Å². The Morgan fingerprint density at radius 2 is 1.30 bits per heavy atom. The fraction of sp³-hybridized carbons (Fsp3) is 0.115. The van der Waals surface area contributed by atoms with E-state index >= 15 is 0 Å². The van der Waals surface area contributed by atoms with Crippen molar-refractivity contribution >= 4 is 28.6 Å². The number of rotatable bonds is 2. The van der Waals surface area contributed by atoms with Crippen molar-refractivity contribution in [1.82, 2.24) is 4.90 Å². The standard InChI is InChI=1S/C26H19NO3/c28-21-12-7-13-22(29)23(21)19-14-15-27-20(16-19)26(30)24(17-8-3-1-4-9-17)25(27)18-10-5-2-6-11-18/h1-6,8-11,14-16H,7,12-13H2. The van der Waals surface area contributed by atoms with Gasteiger partial charge in [-0.15, -0.1) is 0 Å². The molecule has 2 aliphatic heterocycles. The smallest absolute Gasteiger partial charge is 0.212 e. The average Bonchev–Trinajstić information content (AvgIpc) is 3.07. The molecule has 2 aromatic rings. The van der Waals surface area contributed by atoms with Crippen LogP contribution in [0.4, 0.5) is 0 Å². The molecule has 5 rings (SSSR count). The Bertz CT molecular complexity index is 1180. The highest BCUT2D eigenvalue weighted by molar-refractivity contribution is 6.38. The minimum Gasteiger partial charge on any atom is -0.312 e. The van der Waals surface area contributed by atoms with Crippen LogP contribution in [-0.4, -0.2) is 22.2 Å². The number of hydrogen-bond donors (Lipinski definition) is 0. The van der Waals surface area contributed by atoms with Crippen LogP contribution in [0.15, 0.2) is 95.9 Å². The van der Waals surface area contributed by atoms with Gasteiger partial charge < -0.3 is 4.90 Å². The molecule has 0 N–H and O–H groups in total. The van der Waals surface area contributed by atoms with Gasteiger partial charge in [0.25, 0.3) is 0 Å². The molecule has 3 aliphatic rings. The Morgan fingerprint density at radius 1 is 0.700 bits per heavy atom. The van der Waals surface area contributed by atoms with Crippen molar-refractivity contribution in [2.75, 3.05) is 0 Å². The number of nitrogens with zero attached hydrogens (tertiary/aromatic N) is 1. The highest BCUT2D eigenvalue weighted by atomic mass is 16.2. The van der Waals surface area contributed by atoms with Gasteiger partial charge >= 0.3 is 0 Å². The summed E-state index contributed by atoms with van der Waals surface area (Å²) < 4.78 is 0. The monoisotopic (exact) mass is 393 g/mol. The molecule has 2 heterocycles. The Morgan fingerprint density at radius 3 is 1.93 bits per heavy atom. The molecule has 2 aromatic carbocycles. The van der Waals surface area contributed by atoms with Gasteiger partial charge in [0.2, 0.25) is 5.78 Å². The van der Waals surface area contributed by atoms with Crippen LogP contribution in [0, 0.1) is 0 Å². The summed E-state index contributed by atoms with van der Waals surface area (Å²) in [7, 11) is 0. The molecule has 0 atom stereocenters. The molecule has 30 heavy (non-hydrogen) atoms. The number of allylic oxidation sites excluding steroid dienone is 5. The van der Waals surface area contributed by atoms with Crippen molar-refractivity contribution in [2.45, 2.75) is 19.3 Å². The summed E-state index contributed by atoms with van der Waals surface area (Å²) in [5.74, 6) is -0.388. The SMILES string of the molecule is O=C1CCCC(=O)C1=C1C=CN2C(=C1)C(=O)C(c1ccccc1)=C2c1ccccc1. The van der Waals surface area contributed by atoms with E-state index in [0.29, 0.717) is 36.1 Å². The van der Waals surface area contributed by atoms with Gasteiger partial charge in [0.1, 0.15) is 0 Å². The molecule has 0 saturated heterocycles. The number of ketones is 3. The van der Waals surface area contributed by atoms with Crippen LogP contribution in [0.3, 0.4) is 0 Å². The van der Waals surface area contributed by atoms with Gasteiger partial charge in [-0.05, 0) is 35.3 Å². The molecule has 4 heteroatoms. The lowest BCUT2D eigenvalue weighted by Gasteiger charge is -2.24. The Hall–Kier alpha value is -3.79. The largest absolute Gasteiger partial charge is 0.312 e.